The minimum Gasteiger partial charge on any atom is -0.315 e. The summed E-state index contributed by atoms with van der Waals surface area (Å²) in [6, 6.07) is 6.21. The maximum absolute atomic E-state index is 12.9. The molecule has 1 atom stereocenters. The van der Waals surface area contributed by atoms with Crippen LogP contribution in [-0.2, 0) is 4.79 Å². The number of nitrogens with zero attached hydrogens (tertiary/aromatic N) is 2. The first-order valence-electron chi connectivity index (χ1n) is 6.51. The van der Waals surface area contributed by atoms with E-state index in [0.29, 0.717) is 6.42 Å². The Labute approximate surface area is 113 Å². The van der Waals surface area contributed by atoms with Crippen LogP contribution < -0.4 is 10.2 Å². The summed E-state index contributed by atoms with van der Waals surface area (Å²) in [7, 11) is 3.77. The SMILES string of the molecule is CN(C(=O)CC1CNCCN1C)c1ccc(F)cc1. The molecule has 1 unspecified atom stereocenters. The van der Waals surface area contributed by atoms with E-state index in [0.717, 1.165) is 25.3 Å². The summed E-state index contributed by atoms with van der Waals surface area (Å²) in [6.07, 6.45) is 0.470. The van der Waals surface area contributed by atoms with Crippen LogP contribution in [0.5, 0.6) is 0 Å². The van der Waals surface area contributed by atoms with Gasteiger partial charge in [0.25, 0.3) is 0 Å². The largest absolute Gasteiger partial charge is 0.315 e. The van der Waals surface area contributed by atoms with Crippen LogP contribution >= 0.6 is 0 Å². The molecule has 1 heterocycles. The molecule has 0 spiro atoms. The summed E-state index contributed by atoms with van der Waals surface area (Å²) in [5.74, 6) is -0.243. The number of piperazine rings is 1. The lowest BCUT2D eigenvalue weighted by atomic mass is 10.1. The van der Waals surface area contributed by atoms with Crippen molar-refractivity contribution >= 4 is 11.6 Å². The summed E-state index contributed by atoms with van der Waals surface area (Å²) in [4.78, 5) is 16.0. The number of rotatable bonds is 3. The van der Waals surface area contributed by atoms with Crippen LogP contribution in [0.2, 0.25) is 0 Å². The highest BCUT2D eigenvalue weighted by atomic mass is 19.1. The Bertz CT molecular complexity index is 435. The number of anilines is 1. The number of carbonyl (C=O) groups is 1. The Hall–Kier alpha value is -1.46. The Morgan fingerprint density at radius 1 is 1.47 bits per heavy atom. The zero-order valence-electron chi connectivity index (χ0n) is 11.4. The number of carbonyl (C=O) groups excluding carboxylic acids is 1. The lowest BCUT2D eigenvalue weighted by Gasteiger charge is -2.33. The van der Waals surface area contributed by atoms with Crippen LogP contribution in [0.4, 0.5) is 10.1 Å². The van der Waals surface area contributed by atoms with Crippen molar-refractivity contribution < 1.29 is 9.18 Å². The van der Waals surface area contributed by atoms with Crippen molar-refractivity contribution in [1.82, 2.24) is 10.2 Å². The Morgan fingerprint density at radius 3 is 2.79 bits per heavy atom. The van der Waals surface area contributed by atoms with Gasteiger partial charge in [-0.1, -0.05) is 0 Å². The van der Waals surface area contributed by atoms with Gasteiger partial charge >= 0.3 is 0 Å². The number of nitrogens with one attached hydrogen (secondary N) is 1. The quantitative estimate of drug-likeness (QED) is 0.888. The highest BCUT2D eigenvalue weighted by Gasteiger charge is 2.23. The molecule has 4 nitrogen and oxygen atoms in total. The van der Waals surface area contributed by atoms with Crippen molar-refractivity contribution in [3.05, 3.63) is 30.1 Å². The van der Waals surface area contributed by atoms with E-state index in [-0.39, 0.29) is 17.8 Å². The summed E-state index contributed by atoms with van der Waals surface area (Å²) in [5.41, 5.74) is 0.720. The molecule has 1 saturated heterocycles. The van der Waals surface area contributed by atoms with Gasteiger partial charge in [-0.05, 0) is 31.3 Å². The number of amides is 1. The first-order valence-corrected chi connectivity index (χ1v) is 6.51. The zero-order valence-corrected chi connectivity index (χ0v) is 11.4. The minimum atomic E-state index is -0.291. The fourth-order valence-electron chi connectivity index (χ4n) is 2.24. The van der Waals surface area contributed by atoms with E-state index >= 15 is 0 Å². The molecule has 0 bridgehead atoms. The minimum absolute atomic E-state index is 0.0483. The smallest absolute Gasteiger partial charge is 0.228 e. The summed E-state index contributed by atoms with van der Waals surface area (Å²) in [5, 5.41) is 3.29. The van der Waals surface area contributed by atoms with Gasteiger partial charge in [0.15, 0.2) is 0 Å². The highest BCUT2D eigenvalue weighted by Crippen LogP contribution is 2.15. The van der Waals surface area contributed by atoms with Crippen molar-refractivity contribution in [2.75, 3.05) is 38.6 Å². The molecule has 1 aliphatic heterocycles. The topological polar surface area (TPSA) is 35.6 Å². The van der Waals surface area contributed by atoms with E-state index in [4.69, 9.17) is 0 Å². The van der Waals surface area contributed by atoms with Gasteiger partial charge in [-0.15, -0.1) is 0 Å². The number of hydrogen-bond acceptors (Lipinski definition) is 3. The lowest BCUT2D eigenvalue weighted by molar-refractivity contribution is -0.119. The van der Waals surface area contributed by atoms with Gasteiger partial charge in [-0.2, -0.15) is 0 Å². The monoisotopic (exact) mass is 265 g/mol. The molecular formula is C14H20FN3O. The fourth-order valence-corrected chi connectivity index (χ4v) is 2.24. The summed E-state index contributed by atoms with van der Waals surface area (Å²) in [6.45, 7) is 2.76. The molecule has 0 saturated carbocycles. The number of benzene rings is 1. The van der Waals surface area contributed by atoms with Crippen LogP contribution in [0.15, 0.2) is 24.3 Å². The normalized spacial score (nSPS) is 20.3. The second-order valence-electron chi connectivity index (χ2n) is 4.97. The van der Waals surface area contributed by atoms with Crippen LogP contribution in [-0.4, -0.2) is 50.6 Å². The summed E-state index contributed by atoms with van der Waals surface area (Å²) >= 11 is 0. The molecule has 0 radical (unpaired) electrons. The van der Waals surface area contributed by atoms with Crippen LogP contribution in [0.1, 0.15) is 6.42 Å². The van der Waals surface area contributed by atoms with Crippen molar-refractivity contribution in [2.45, 2.75) is 12.5 Å². The van der Waals surface area contributed by atoms with Gasteiger partial charge in [-0.3, -0.25) is 4.79 Å². The number of hydrogen-bond donors (Lipinski definition) is 1. The second kappa shape index (κ2) is 6.12. The molecule has 1 fully saturated rings. The van der Waals surface area contributed by atoms with Crippen LogP contribution in [0.25, 0.3) is 0 Å². The van der Waals surface area contributed by atoms with Gasteiger partial charge < -0.3 is 15.1 Å². The molecule has 0 aromatic heterocycles. The van der Waals surface area contributed by atoms with Crippen molar-refractivity contribution in [3.63, 3.8) is 0 Å². The average Bonchev–Trinajstić information content (AvgIpc) is 2.41. The maximum atomic E-state index is 12.9. The number of likely N-dealkylation sites (N-methyl/N-ethyl adjacent to an activating group) is 1. The third kappa shape index (κ3) is 3.52. The second-order valence-corrected chi connectivity index (χ2v) is 4.97. The van der Waals surface area contributed by atoms with Crippen molar-refractivity contribution in [1.29, 1.82) is 0 Å². The predicted molar refractivity (Wildman–Crippen MR) is 73.7 cm³/mol. The fraction of sp³-hybridized carbons (Fsp3) is 0.500. The molecule has 1 N–H and O–H groups in total. The predicted octanol–water partition coefficient (Wildman–Crippen LogP) is 1.08. The Morgan fingerprint density at radius 2 is 2.16 bits per heavy atom. The molecule has 1 aliphatic rings. The van der Waals surface area contributed by atoms with E-state index < -0.39 is 0 Å². The maximum Gasteiger partial charge on any atom is 0.228 e. The van der Waals surface area contributed by atoms with Gasteiger partial charge in [-0.25, -0.2) is 4.39 Å². The van der Waals surface area contributed by atoms with Gasteiger partial charge in [0.2, 0.25) is 5.91 Å². The third-order valence-electron chi connectivity index (χ3n) is 3.64. The molecule has 5 heteroatoms. The van der Waals surface area contributed by atoms with E-state index in [1.165, 1.54) is 12.1 Å². The van der Waals surface area contributed by atoms with E-state index in [1.54, 1.807) is 24.1 Å². The average molecular weight is 265 g/mol. The molecule has 104 valence electrons. The first kappa shape index (κ1) is 14.0. The van der Waals surface area contributed by atoms with Crippen molar-refractivity contribution in [2.24, 2.45) is 0 Å². The number of halogens is 1. The molecule has 1 aromatic rings. The summed E-state index contributed by atoms with van der Waals surface area (Å²) < 4.78 is 12.9. The van der Waals surface area contributed by atoms with Gasteiger partial charge in [0.1, 0.15) is 5.82 Å². The molecule has 19 heavy (non-hydrogen) atoms. The first-order chi connectivity index (χ1) is 9.08. The zero-order chi connectivity index (χ0) is 13.8. The highest BCUT2D eigenvalue weighted by molar-refractivity contribution is 5.93. The van der Waals surface area contributed by atoms with Crippen LogP contribution in [0.3, 0.4) is 0 Å². The molecular weight excluding hydrogens is 245 g/mol. The molecule has 1 aromatic carbocycles. The van der Waals surface area contributed by atoms with E-state index in [9.17, 15) is 9.18 Å². The lowest BCUT2D eigenvalue weighted by Crippen LogP contribution is -2.51. The molecule has 0 aliphatic carbocycles. The van der Waals surface area contributed by atoms with Crippen molar-refractivity contribution in [3.8, 4) is 0 Å². The van der Waals surface area contributed by atoms with Gasteiger partial charge in [0.05, 0.1) is 0 Å². The standard InChI is InChI=1S/C14H20FN3O/c1-17-8-7-16-10-13(17)9-14(19)18(2)12-5-3-11(15)4-6-12/h3-6,13,16H,7-10H2,1-2H3. The molecule has 1 amide bonds. The Balaban J connectivity index is 1.97. The Kier molecular flexibility index (Phi) is 4.50. The van der Waals surface area contributed by atoms with Crippen LogP contribution in [0, 0.1) is 5.82 Å². The van der Waals surface area contributed by atoms with E-state index in [2.05, 4.69) is 10.2 Å². The third-order valence-corrected chi connectivity index (χ3v) is 3.64. The molecule has 2 rings (SSSR count). The van der Waals surface area contributed by atoms with E-state index in [1.807, 2.05) is 7.05 Å². The van der Waals surface area contributed by atoms with Gasteiger partial charge in [0, 0.05) is 44.8 Å².